The summed E-state index contributed by atoms with van der Waals surface area (Å²) in [5, 5.41) is 32.3. The molecule has 3 aromatic rings. The molecule has 0 aliphatic rings. The number of aromatic nitrogens is 1. The standard InChI is InChI=1S/C18H19NO4/c1-18(2,23)15(21)8-13-16-12(7-10(9-20)17(13)22)11-5-3-4-6-14(11)19-16/h3-7,9,15,19,21-23H,8H2,1-2H3. The quantitative estimate of drug-likeness (QED) is 0.557. The van der Waals surface area contributed by atoms with E-state index in [9.17, 15) is 20.1 Å². The topological polar surface area (TPSA) is 93.5 Å². The van der Waals surface area contributed by atoms with Crippen molar-refractivity contribution in [1.82, 2.24) is 4.98 Å². The van der Waals surface area contributed by atoms with E-state index in [1.807, 2.05) is 24.3 Å². The van der Waals surface area contributed by atoms with Gasteiger partial charge in [0.05, 0.1) is 22.8 Å². The second-order valence-corrected chi connectivity index (χ2v) is 6.38. The van der Waals surface area contributed by atoms with E-state index in [4.69, 9.17) is 0 Å². The van der Waals surface area contributed by atoms with Gasteiger partial charge < -0.3 is 20.3 Å². The van der Waals surface area contributed by atoms with Crippen LogP contribution in [0.3, 0.4) is 0 Å². The minimum Gasteiger partial charge on any atom is -0.507 e. The number of nitrogens with one attached hydrogen (secondary N) is 1. The normalized spacial score (nSPS) is 13.6. The van der Waals surface area contributed by atoms with Crippen LogP contribution in [0.25, 0.3) is 21.8 Å². The van der Waals surface area contributed by atoms with Gasteiger partial charge in [-0.15, -0.1) is 0 Å². The Hall–Kier alpha value is -2.37. The molecule has 1 heterocycles. The molecule has 2 aromatic carbocycles. The van der Waals surface area contributed by atoms with Gasteiger partial charge >= 0.3 is 0 Å². The first-order valence-electron chi connectivity index (χ1n) is 7.43. The number of aromatic hydroxyl groups is 1. The number of hydrogen-bond acceptors (Lipinski definition) is 4. The Labute approximate surface area is 133 Å². The van der Waals surface area contributed by atoms with Crippen LogP contribution in [0.1, 0.15) is 29.8 Å². The zero-order valence-electron chi connectivity index (χ0n) is 13.0. The number of H-pyrrole nitrogens is 1. The van der Waals surface area contributed by atoms with Gasteiger partial charge in [0.1, 0.15) is 5.75 Å². The van der Waals surface area contributed by atoms with Crippen LogP contribution < -0.4 is 0 Å². The lowest BCUT2D eigenvalue weighted by atomic mass is 9.92. The average Bonchev–Trinajstić information content (AvgIpc) is 2.87. The fourth-order valence-electron chi connectivity index (χ4n) is 2.80. The third kappa shape index (κ3) is 2.58. The van der Waals surface area contributed by atoms with Gasteiger partial charge in [-0.25, -0.2) is 0 Å². The third-order valence-electron chi connectivity index (χ3n) is 4.25. The van der Waals surface area contributed by atoms with Crippen LogP contribution in [0.15, 0.2) is 30.3 Å². The van der Waals surface area contributed by atoms with E-state index in [1.165, 1.54) is 13.8 Å². The Kier molecular flexibility index (Phi) is 3.62. The van der Waals surface area contributed by atoms with Crippen molar-refractivity contribution < 1.29 is 20.1 Å². The van der Waals surface area contributed by atoms with E-state index in [0.717, 1.165) is 16.3 Å². The molecule has 120 valence electrons. The molecule has 0 aliphatic carbocycles. The highest BCUT2D eigenvalue weighted by molar-refractivity contribution is 6.10. The molecule has 0 fully saturated rings. The maximum absolute atomic E-state index is 11.3. The molecule has 5 heteroatoms. The number of hydrogen-bond donors (Lipinski definition) is 4. The van der Waals surface area contributed by atoms with Crippen molar-refractivity contribution in [1.29, 1.82) is 0 Å². The number of aromatic amines is 1. The number of para-hydroxylation sites is 1. The van der Waals surface area contributed by atoms with Gasteiger partial charge in [0, 0.05) is 28.3 Å². The summed E-state index contributed by atoms with van der Waals surface area (Å²) in [7, 11) is 0. The summed E-state index contributed by atoms with van der Waals surface area (Å²) < 4.78 is 0. The number of aldehydes is 1. The van der Waals surface area contributed by atoms with Crippen molar-refractivity contribution in [3.8, 4) is 5.75 Å². The molecule has 1 unspecified atom stereocenters. The van der Waals surface area contributed by atoms with Gasteiger partial charge in [0.15, 0.2) is 6.29 Å². The minimum absolute atomic E-state index is 0.0281. The molecular weight excluding hydrogens is 294 g/mol. The SMILES string of the molecule is CC(C)(O)C(O)Cc1c(O)c(C=O)cc2c1[nH]c1ccccc12. The zero-order valence-corrected chi connectivity index (χ0v) is 13.0. The van der Waals surface area contributed by atoms with Crippen molar-refractivity contribution in [2.75, 3.05) is 0 Å². The zero-order chi connectivity index (χ0) is 16.8. The number of fused-ring (bicyclic) bond motifs is 3. The fourth-order valence-corrected chi connectivity index (χ4v) is 2.80. The summed E-state index contributed by atoms with van der Waals surface area (Å²) in [6, 6.07) is 9.26. The molecule has 0 amide bonds. The maximum Gasteiger partial charge on any atom is 0.153 e. The number of rotatable bonds is 4. The predicted octanol–water partition coefficient (Wildman–Crippen LogP) is 2.51. The van der Waals surface area contributed by atoms with Crippen molar-refractivity contribution >= 4 is 28.1 Å². The molecule has 23 heavy (non-hydrogen) atoms. The van der Waals surface area contributed by atoms with Crippen LogP contribution in [0.4, 0.5) is 0 Å². The van der Waals surface area contributed by atoms with Crippen molar-refractivity contribution in [3.05, 3.63) is 41.5 Å². The van der Waals surface area contributed by atoms with Crippen LogP contribution in [0.2, 0.25) is 0 Å². The molecule has 0 bridgehead atoms. The maximum atomic E-state index is 11.3. The van der Waals surface area contributed by atoms with Crippen LogP contribution >= 0.6 is 0 Å². The Morgan fingerprint density at radius 1 is 1.26 bits per heavy atom. The van der Waals surface area contributed by atoms with Gasteiger partial charge in [0.25, 0.3) is 0 Å². The van der Waals surface area contributed by atoms with Gasteiger partial charge in [0.2, 0.25) is 0 Å². The van der Waals surface area contributed by atoms with E-state index in [-0.39, 0.29) is 17.7 Å². The number of carbonyl (C=O) groups excluding carboxylic acids is 1. The highest BCUT2D eigenvalue weighted by Crippen LogP contribution is 2.36. The van der Waals surface area contributed by atoms with Crippen LogP contribution in [-0.2, 0) is 6.42 Å². The molecule has 1 atom stereocenters. The summed E-state index contributed by atoms with van der Waals surface area (Å²) in [5.41, 5.74) is 0.819. The Morgan fingerprint density at radius 2 is 1.96 bits per heavy atom. The first-order valence-corrected chi connectivity index (χ1v) is 7.43. The number of phenolic OH excluding ortho intramolecular Hbond substituents is 1. The van der Waals surface area contributed by atoms with Gasteiger partial charge in [-0.2, -0.15) is 0 Å². The number of benzene rings is 2. The van der Waals surface area contributed by atoms with Crippen LogP contribution in [0.5, 0.6) is 5.75 Å². The fraction of sp³-hybridized carbons (Fsp3) is 0.278. The molecule has 5 nitrogen and oxygen atoms in total. The molecule has 0 saturated heterocycles. The number of carbonyl (C=O) groups is 1. The summed E-state index contributed by atoms with van der Waals surface area (Å²) >= 11 is 0. The largest absolute Gasteiger partial charge is 0.507 e. The minimum atomic E-state index is -1.32. The van der Waals surface area contributed by atoms with E-state index in [1.54, 1.807) is 6.07 Å². The van der Waals surface area contributed by atoms with Crippen LogP contribution in [-0.4, -0.2) is 38.3 Å². The molecule has 4 N–H and O–H groups in total. The highest BCUT2D eigenvalue weighted by Gasteiger charge is 2.27. The summed E-state index contributed by atoms with van der Waals surface area (Å²) in [6.45, 7) is 3.00. The van der Waals surface area contributed by atoms with Crippen molar-refractivity contribution in [2.24, 2.45) is 0 Å². The molecule has 0 radical (unpaired) electrons. The van der Waals surface area contributed by atoms with E-state index >= 15 is 0 Å². The lowest BCUT2D eigenvalue weighted by molar-refractivity contribution is -0.0469. The average molecular weight is 313 g/mol. The second-order valence-electron chi connectivity index (χ2n) is 6.38. The first-order chi connectivity index (χ1) is 10.8. The summed E-state index contributed by atoms with van der Waals surface area (Å²) in [6.07, 6.45) is -0.457. The first kappa shape index (κ1) is 15.5. The van der Waals surface area contributed by atoms with Gasteiger partial charge in [-0.1, -0.05) is 18.2 Å². The Bertz CT molecular complexity index is 889. The van der Waals surface area contributed by atoms with Gasteiger partial charge in [-0.05, 0) is 26.0 Å². The van der Waals surface area contributed by atoms with E-state index in [0.29, 0.717) is 17.4 Å². The molecule has 1 aromatic heterocycles. The molecule has 3 rings (SSSR count). The number of aliphatic hydroxyl groups is 2. The molecule has 0 spiro atoms. The number of aliphatic hydroxyl groups excluding tert-OH is 1. The van der Waals surface area contributed by atoms with Crippen LogP contribution in [0, 0.1) is 0 Å². The summed E-state index contributed by atoms with van der Waals surface area (Å²) in [4.78, 5) is 14.5. The third-order valence-corrected chi connectivity index (χ3v) is 4.25. The monoisotopic (exact) mass is 313 g/mol. The molecule has 0 saturated carbocycles. The molecular formula is C18H19NO4. The van der Waals surface area contributed by atoms with E-state index < -0.39 is 11.7 Å². The summed E-state index contributed by atoms with van der Waals surface area (Å²) in [5.74, 6) is -0.164. The number of phenols is 1. The lowest BCUT2D eigenvalue weighted by Gasteiger charge is -2.25. The van der Waals surface area contributed by atoms with Crippen molar-refractivity contribution in [3.63, 3.8) is 0 Å². The second kappa shape index (κ2) is 5.37. The van der Waals surface area contributed by atoms with Gasteiger partial charge in [-0.3, -0.25) is 4.79 Å². The predicted molar refractivity (Wildman–Crippen MR) is 88.9 cm³/mol. The van der Waals surface area contributed by atoms with E-state index in [2.05, 4.69) is 4.98 Å². The highest BCUT2D eigenvalue weighted by atomic mass is 16.3. The smallest absolute Gasteiger partial charge is 0.153 e. The molecule has 0 aliphatic heterocycles. The Balaban J connectivity index is 2.29. The van der Waals surface area contributed by atoms with Crippen molar-refractivity contribution in [2.45, 2.75) is 32.0 Å². The Morgan fingerprint density at radius 3 is 2.61 bits per heavy atom. The lowest BCUT2D eigenvalue weighted by Crippen LogP contribution is -2.37.